The van der Waals surface area contributed by atoms with Crippen LogP contribution in [0.1, 0.15) is 0 Å². The Morgan fingerprint density at radius 3 is 2.58 bits per heavy atom. The largest absolute Gasteiger partial charge is 1.00 e. The molecule has 7 heteroatoms. The van der Waals surface area contributed by atoms with Gasteiger partial charge >= 0.3 is 29.6 Å². The van der Waals surface area contributed by atoms with E-state index in [1.54, 1.807) is 0 Å². The summed E-state index contributed by atoms with van der Waals surface area (Å²) in [6, 6.07) is 2.49. The fourth-order valence-corrected chi connectivity index (χ4v) is 1.17. The van der Waals surface area contributed by atoms with Crippen molar-refractivity contribution in [2.24, 2.45) is 0 Å². The summed E-state index contributed by atoms with van der Waals surface area (Å²) in [4.78, 5) is 2.83. The van der Waals surface area contributed by atoms with Crippen LogP contribution >= 0.6 is 15.9 Å². The molecule has 0 aliphatic carbocycles. The van der Waals surface area contributed by atoms with Gasteiger partial charge in [0.2, 0.25) is 5.95 Å². The van der Waals surface area contributed by atoms with Crippen molar-refractivity contribution in [3.05, 3.63) is 22.7 Å². The molecule has 0 bridgehead atoms. The Labute approximate surface area is 101 Å². The monoisotopic (exact) mass is 261 g/mol. The third kappa shape index (κ3) is 3.20. The van der Waals surface area contributed by atoms with Crippen molar-refractivity contribution in [2.75, 3.05) is 0 Å². The van der Waals surface area contributed by atoms with E-state index in [0.29, 0.717) is 0 Å². The molecule has 0 N–H and O–H groups in total. The first-order chi connectivity index (χ1) is 5.11. The van der Waals surface area contributed by atoms with Crippen LogP contribution in [0.15, 0.2) is 21.6 Å². The van der Waals surface area contributed by atoms with Crippen LogP contribution in [0.2, 0.25) is 0 Å². The number of nitrogens with zero attached hydrogens (tertiary/aromatic N) is 1. The van der Waals surface area contributed by atoms with Crippen LogP contribution < -0.4 is 29.6 Å². The smallest absolute Gasteiger partial charge is 0.768 e. The standard InChI is InChI=1S/C5H3BrFNO2S.Na/c6-4-2-1-3(11(9)10)5(7)8-4;/h1-2H,(H,9,10);/q;+1/p-1. The van der Waals surface area contributed by atoms with Gasteiger partial charge in [0.15, 0.2) is 0 Å². The van der Waals surface area contributed by atoms with E-state index in [-0.39, 0.29) is 34.2 Å². The zero-order valence-corrected chi connectivity index (χ0v) is 10.5. The van der Waals surface area contributed by atoms with Crippen LogP contribution in [-0.4, -0.2) is 13.7 Å². The van der Waals surface area contributed by atoms with Crippen LogP contribution in [-0.2, 0) is 11.1 Å². The maximum absolute atomic E-state index is 12.6. The van der Waals surface area contributed by atoms with Crippen molar-refractivity contribution >= 4 is 27.0 Å². The summed E-state index contributed by atoms with van der Waals surface area (Å²) in [6.07, 6.45) is 0. The van der Waals surface area contributed by atoms with Gasteiger partial charge in [0, 0.05) is 0 Å². The molecule has 12 heavy (non-hydrogen) atoms. The molecule has 1 unspecified atom stereocenters. The Morgan fingerprint density at radius 1 is 1.58 bits per heavy atom. The van der Waals surface area contributed by atoms with E-state index >= 15 is 0 Å². The van der Waals surface area contributed by atoms with Gasteiger partial charge in [0.1, 0.15) is 4.60 Å². The van der Waals surface area contributed by atoms with Gasteiger partial charge in [-0.2, -0.15) is 4.39 Å². The predicted octanol–water partition coefficient (Wildman–Crippen LogP) is -1.77. The molecule has 0 aliphatic heterocycles. The van der Waals surface area contributed by atoms with E-state index in [4.69, 9.17) is 0 Å². The SMILES string of the molecule is O=S([O-])c1ccc(Br)nc1F.[Na+]. The summed E-state index contributed by atoms with van der Waals surface area (Å²) in [5.41, 5.74) is 0. The first-order valence-electron chi connectivity index (χ1n) is 2.52. The molecule has 1 aromatic heterocycles. The Bertz CT molecular complexity index is 311. The van der Waals surface area contributed by atoms with Crippen LogP contribution in [0.4, 0.5) is 4.39 Å². The molecule has 3 nitrogen and oxygen atoms in total. The molecule has 0 aliphatic rings. The van der Waals surface area contributed by atoms with Gasteiger partial charge in [-0.05, 0) is 39.1 Å². The molecule has 1 atom stereocenters. The van der Waals surface area contributed by atoms with Gasteiger partial charge in [0.05, 0.1) is 4.90 Å². The summed E-state index contributed by atoms with van der Waals surface area (Å²) in [7, 11) is 0. The van der Waals surface area contributed by atoms with E-state index in [0.717, 1.165) is 6.07 Å². The molecule has 0 amide bonds. The van der Waals surface area contributed by atoms with Crippen molar-refractivity contribution in [3.8, 4) is 0 Å². The molecule has 1 rings (SSSR count). The Kier molecular flexibility index (Phi) is 5.71. The van der Waals surface area contributed by atoms with Crippen molar-refractivity contribution in [3.63, 3.8) is 0 Å². The minimum atomic E-state index is -2.56. The predicted molar refractivity (Wildman–Crippen MR) is 39.1 cm³/mol. The minimum absolute atomic E-state index is 0. The summed E-state index contributed by atoms with van der Waals surface area (Å²) < 4.78 is 33.3. The van der Waals surface area contributed by atoms with Gasteiger partial charge in [-0.1, -0.05) is 0 Å². The zero-order valence-electron chi connectivity index (χ0n) is 6.08. The normalized spacial score (nSPS) is 11.9. The fourth-order valence-electron chi connectivity index (χ4n) is 0.524. The third-order valence-corrected chi connectivity index (χ3v) is 2.07. The summed E-state index contributed by atoms with van der Waals surface area (Å²) in [5.74, 6) is -0.993. The number of hydrogen-bond donors (Lipinski definition) is 0. The Balaban J connectivity index is 0.00000121. The molecule has 60 valence electrons. The summed E-state index contributed by atoms with van der Waals surface area (Å²) in [5, 5.41) is 0. The van der Waals surface area contributed by atoms with Crippen LogP contribution in [0, 0.1) is 5.95 Å². The van der Waals surface area contributed by atoms with Gasteiger partial charge in [-0.25, -0.2) is 4.98 Å². The topological polar surface area (TPSA) is 53.0 Å². The van der Waals surface area contributed by atoms with Crippen molar-refractivity contribution in [2.45, 2.75) is 4.90 Å². The maximum atomic E-state index is 12.6. The zero-order chi connectivity index (χ0) is 8.43. The van der Waals surface area contributed by atoms with Crippen LogP contribution in [0.5, 0.6) is 0 Å². The Hall–Kier alpha value is 0.670. The number of hydrogen-bond acceptors (Lipinski definition) is 3. The summed E-state index contributed by atoms with van der Waals surface area (Å²) >= 11 is 0.336. The molecule has 0 saturated carbocycles. The molecule has 0 radical (unpaired) electrons. The van der Waals surface area contributed by atoms with Gasteiger partial charge < -0.3 is 4.55 Å². The first-order valence-corrected chi connectivity index (χ1v) is 4.39. The number of aromatic nitrogens is 1. The molecule has 0 spiro atoms. The van der Waals surface area contributed by atoms with E-state index in [1.165, 1.54) is 6.07 Å². The minimum Gasteiger partial charge on any atom is -0.768 e. The van der Waals surface area contributed by atoms with Gasteiger partial charge in [-0.15, -0.1) is 0 Å². The van der Waals surface area contributed by atoms with E-state index in [9.17, 15) is 13.2 Å². The van der Waals surface area contributed by atoms with E-state index in [2.05, 4.69) is 20.9 Å². The molecular weight excluding hydrogens is 260 g/mol. The van der Waals surface area contributed by atoms with E-state index in [1.807, 2.05) is 0 Å². The van der Waals surface area contributed by atoms with Crippen molar-refractivity contribution in [1.29, 1.82) is 0 Å². The van der Waals surface area contributed by atoms with Crippen molar-refractivity contribution < 1.29 is 42.7 Å². The average Bonchev–Trinajstić information content (AvgIpc) is 1.85. The second-order valence-corrected chi connectivity index (χ2v) is 3.38. The maximum Gasteiger partial charge on any atom is 1.00 e. The second kappa shape index (κ2) is 5.41. The molecule has 0 fully saturated rings. The molecule has 0 aromatic carbocycles. The summed E-state index contributed by atoms with van der Waals surface area (Å²) in [6.45, 7) is 0. The van der Waals surface area contributed by atoms with E-state index < -0.39 is 21.9 Å². The fraction of sp³-hybridized carbons (Fsp3) is 0. The molecule has 0 saturated heterocycles. The van der Waals surface area contributed by atoms with Crippen molar-refractivity contribution in [1.82, 2.24) is 4.98 Å². The van der Waals surface area contributed by atoms with Crippen LogP contribution in [0.25, 0.3) is 0 Å². The van der Waals surface area contributed by atoms with Gasteiger partial charge in [-0.3, -0.25) is 4.21 Å². The second-order valence-electron chi connectivity index (χ2n) is 1.66. The average molecular weight is 262 g/mol. The van der Waals surface area contributed by atoms with Crippen LogP contribution in [0.3, 0.4) is 0 Å². The number of pyridine rings is 1. The molecular formula is C5H2BrFNNaO2S. The quantitative estimate of drug-likeness (QED) is 0.342. The third-order valence-electron chi connectivity index (χ3n) is 0.960. The number of halogens is 2. The van der Waals surface area contributed by atoms with Gasteiger partial charge in [0.25, 0.3) is 0 Å². The number of rotatable bonds is 1. The molecule has 1 heterocycles. The first kappa shape index (κ1) is 12.7. The Morgan fingerprint density at radius 2 is 2.17 bits per heavy atom. The molecule has 1 aromatic rings.